The van der Waals surface area contributed by atoms with Gasteiger partial charge in [0, 0.05) is 17.1 Å². The number of unbranched alkanes of at least 4 members (excludes halogenated alkanes) is 1. The fourth-order valence-electron chi connectivity index (χ4n) is 4.93. The molecule has 0 spiro atoms. The van der Waals surface area contributed by atoms with Crippen LogP contribution in [0.1, 0.15) is 47.2 Å². The standard InChI is InChI=1S/C33H29F2NO7/c34-26-7-4-8-27(29(26)35)43-18-2-1-17-42-23-13-10-21(11-14-23)9-12-22-5-3-6-24-25(19-36(30(22)24)20-28(37)38)31(39)33(15-16-33)32(40)41/h3-14,19H,1-2,15-18,20H2,(H,37,38)(H,40,41)/b12-9+. The number of carboxylic acid groups (broad SMARTS) is 2. The minimum absolute atomic E-state index is 0.116. The molecular formula is C33H29F2NO7. The highest BCUT2D eigenvalue weighted by molar-refractivity contribution is 6.20. The number of ether oxygens (including phenoxy) is 2. The Morgan fingerprint density at radius 3 is 2.26 bits per heavy atom. The Kier molecular flexibility index (Phi) is 8.56. The van der Waals surface area contributed by atoms with E-state index in [1.165, 1.54) is 22.9 Å². The molecule has 5 rings (SSSR count). The number of carboxylic acids is 2. The van der Waals surface area contributed by atoms with Gasteiger partial charge in [-0.05, 0) is 61.1 Å². The third kappa shape index (κ3) is 6.43. The molecule has 0 unspecified atom stereocenters. The second kappa shape index (κ2) is 12.5. The highest BCUT2D eigenvalue weighted by Gasteiger charge is 2.57. The maximum absolute atomic E-state index is 13.6. The smallest absolute Gasteiger partial charge is 0.323 e. The van der Waals surface area contributed by atoms with E-state index in [4.69, 9.17) is 9.47 Å². The summed E-state index contributed by atoms with van der Waals surface area (Å²) >= 11 is 0. The van der Waals surface area contributed by atoms with Gasteiger partial charge in [0.05, 0.1) is 18.7 Å². The number of benzene rings is 3. The monoisotopic (exact) mass is 589 g/mol. The quantitative estimate of drug-likeness (QED) is 0.0751. The molecular weight excluding hydrogens is 560 g/mol. The molecule has 222 valence electrons. The van der Waals surface area contributed by atoms with Crippen LogP contribution in [-0.4, -0.2) is 45.7 Å². The normalized spacial score (nSPS) is 13.7. The molecule has 0 saturated heterocycles. The topological polar surface area (TPSA) is 115 Å². The summed E-state index contributed by atoms with van der Waals surface area (Å²) in [6, 6.07) is 16.4. The van der Waals surface area contributed by atoms with Crippen LogP contribution in [0.5, 0.6) is 11.5 Å². The summed E-state index contributed by atoms with van der Waals surface area (Å²) in [6.45, 7) is 0.262. The summed E-state index contributed by atoms with van der Waals surface area (Å²) in [4.78, 5) is 36.6. The average Bonchev–Trinajstić information content (AvgIpc) is 3.73. The zero-order chi connectivity index (χ0) is 30.6. The first-order chi connectivity index (χ1) is 20.7. The number of fused-ring (bicyclic) bond motifs is 1. The van der Waals surface area contributed by atoms with E-state index in [2.05, 4.69) is 0 Å². The summed E-state index contributed by atoms with van der Waals surface area (Å²) < 4.78 is 39.4. The van der Waals surface area contributed by atoms with Crippen LogP contribution < -0.4 is 9.47 Å². The van der Waals surface area contributed by atoms with Gasteiger partial charge in [-0.15, -0.1) is 0 Å². The zero-order valence-electron chi connectivity index (χ0n) is 23.1. The molecule has 1 aromatic heterocycles. The fourth-order valence-corrected chi connectivity index (χ4v) is 4.93. The van der Waals surface area contributed by atoms with Crippen LogP contribution in [0, 0.1) is 17.0 Å². The lowest BCUT2D eigenvalue weighted by atomic mass is 9.94. The number of nitrogens with zero attached hydrogens (tertiary/aromatic N) is 1. The third-order valence-electron chi connectivity index (χ3n) is 7.39. The van der Waals surface area contributed by atoms with Crippen molar-refractivity contribution >= 4 is 40.8 Å². The molecule has 4 aromatic rings. The summed E-state index contributed by atoms with van der Waals surface area (Å²) in [5.41, 5.74) is 0.841. The molecule has 43 heavy (non-hydrogen) atoms. The van der Waals surface area contributed by atoms with Gasteiger partial charge in [0.15, 0.2) is 17.3 Å². The molecule has 0 atom stereocenters. The van der Waals surface area contributed by atoms with Crippen molar-refractivity contribution in [2.45, 2.75) is 32.2 Å². The maximum Gasteiger partial charge on any atom is 0.323 e. The fraction of sp³-hybridized carbons (Fsp3) is 0.242. The van der Waals surface area contributed by atoms with Gasteiger partial charge in [0.1, 0.15) is 17.7 Å². The van der Waals surface area contributed by atoms with Gasteiger partial charge in [0.25, 0.3) is 0 Å². The Labute approximate surface area is 245 Å². The van der Waals surface area contributed by atoms with Crippen LogP contribution in [0.3, 0.4) is 0 Å². The molecule has 1 aliphatic carbocycles. The second-order valence-corrected chi connectivity index (χ2v) is 10.4. The van der Waals surface area contributed by atoms with Crippen LogP contribution >= 0.6 is 0 Å². The number of Topliss-reactive ketones (excluding diaryl/α,β-unsaturated/α-hetero) is 1. The van der Waals surface area contributed by atoms with Gasteiger partial charge in [0.2, 0.25) is 5.82 Å². The van der Waals surface area contributed by atoms with E-state index >= 15 is 0 Å². The van der Waals surface area contributed by atoms with Crippen molar-refractivity contribution in [3.8, 4) is 11.5 Å². The van der Waals surface area contributed by atoms with E-state index < -0.39 is 34.8 Å². The van der Waals surface area contributed by atoms with Gasteiger partial charge < -0.3 is 24.3 Å². The first-order valence-electron chi connectivity index (χ1n) is 13.8. The molecule has 0 aliphatic heterocycles. The minimum Gasteiger partial charge on any atom is -0.494 e. The maximum atomic E-state index is 13.6. The van der Waals surface area contributed by atoms with Crippen LogP contribution in [-0.2, 0) is 16.1 Å². The number of halogens is 2. The van der Waals surface area contributed by atoms with Gasteiger partial charge >= 0.3 is 11.9 Å². The van der Waals surface area contributed by atoms with Crippen molar-refractivity contribution < 1.29 is 42.9 Å². The zero-order valence-corrected chi connectivity index (χ0v) is 23.1. The van der Waals surface area contributed by atoms with E-state index in [0.29, 0.717) is 41.7 Å². The number of ketones is 1. The molecule has 10 heteroatoms. The van der Waals surface area contributed by atoms with Crippen molar-refractivity contribution in [2.24, 2.45) is 5.41 Å². The first-order valence-corrected chi connectivity index (χ1v) is 13.8. The van der Waals surface area contributed by atoms with E-state index in [-0.39, 0.29) is 37.3 Å². The van der Waals surface area contributed by atoms with Crippen LogP contribution in [0.2, 0.25) is 0 Å². The van der Waals surface area contributed by atoms with Gasteiger partial charge in [-0.3, -0.25) is 14.4 Å². The summed E-state index contributed by atoms with van der Waals surface area (Å²) in [7, 11) is 0. The van der Waals surface area contributed by atoms with Crippen LogP contribution in [0.15, 0.2) is 66.9 Å². The largest absolute Gasteiger partial charge is 0.494 e. The number of aliphatic carboxylic acids is 2. The van der Waals surface area contributed by atoms with Crippen LogP contribution in [0.4, 0.5) is 8.78 Å². The highest BCUT2D eigenvalue weighted by atomic mass is 19.2. The van der Waals surface area contributed by atoms with E-state index in [1.807, 2.05) is 36.4 Å². The number of aromatic nitrogens is 1. The number of carbonyl (C=O) groups excluding carboxylic acids is 1. The Hall–Kier alpha value is -4.99. The Bertz CT molecular complexity index is 1700. The van der Waals surface area contributed by atoms with Crippen molar-refractivity contribution in [1.82, 2.24) is 4.57 Å². The van der Waals surface area contributed by atoms with E-state index in [9.17, 15) is 33.4 Å². The number of hydrogen-bond donors (Lipinski definition) is 2. The van der Waals surface area contributed by atoms with Gasteiger partial charge in [-0.2, -0.15) is 4.39 Å². The Morgan fingerprint density at radius 1 is 0.884 bits per heavy atom. The molecule has 1 fully saturated rings. The lowest BCUT2D eigenvalue weighted by molar-refractivity contribution is -0.141. The third-order valence-corrected chi connectivity index (χ3v) is 7.39. The molecule has 1 aliphatic rings. The SMILES string of the molecule is O=C(O)Cn1cc(C(=O)C2(C(=O)O)CC2)c2cccc(/C=C/c3ccc(OCCCCOc4cccc(F)c4F)cc3)c21. The van der Waals surface area contributed by atoms with Crippen molar-refractivity contribution in [1.29, 1.82) is 0 Å². The van der Waals surface area contributed by atoms with Crippen LogP contribution in [0.25, 0.3) is 23.1 Å². The molecule has 1 heterocycles. The lowest BCUT2D eigenvalue weighted by Gasteiger charge is -2.09. The predicted molar refractivity (Wildman–Crippen MR) is 155 cm³/mol. The number of hydrogen-bond acceptors (Lipinski definition) is 5. The van der Waals surface area contributed by atoms with Gasteiger partial charge in [-0.1, -0.05) is 48.6 Å². The molecule has 1 saturated carbocycles. The van der Waals surface area contributed by atoms with Crippen molar-refractivity contribution in [3.05, 3.63) is 95.2 Å². The summed E-state index contributed by atoms with van der Waals surface area (Å²) in [5.74, 6) is -4.16. The molecule has 3 aromatic carbocycles. The molecule has 0 amide bonds. The molecule has 0 radical (unpaired) electrons. The minimum atomic E-state index is -1.44. The molecule has 2 N–H and O–H groups in total. The average molecular weight is 590 g/mol. The van der Waals surface area contributed by atoms with E-state index in [1.54, 1.807) is 18.2 Å². The van der Waals surface area contributed by atoms with E-state index in [0.717, 1.165) is 11.6 Å². The Balaban J connectivity index is 1.22. The lowest BCUT2D eigenvalue weighted by Crippen LogP contribution is -2.25. The van der Waals surface area contributed by atoms with Crippen molar-refractivity contribution in [3.63, 3.8) is 0 Å². The number of carbonyl (C=O) groups is 3. The molecule has 8 nitrogen and oxygen atoms in total. The summed E-state index contributed by atoms with van der Waals surface area (Å²) in [5, 5.41) is 19.6. The van der Waals surface area contributed by atoms with Gasteiger partial charge in [-0.25, -0.2) is 4.39 Å². The highest BCUT2D eigenvalue weighted by Crippen LogP contribution is 2.49. The van der Waals surface area contributed by atoms with Crippen molar-refractivity contribution in [2.75, 3.05) is 13.2 Å². The number of rotatable bonds is 14. The summed E-state index contributed by atoms with van der Waals surface area (Å²) in [6.07, 6.45) is 6.88. The number of para-hydroxylation sites is 1. The first kappa shape index (κ1) is 29.5. The molecule has 0 bridgehead atoms. The Morgan fingerprint density at radius 2 is 1.58 bits per heavy atom. The second-order valence-electron chi connectivity index (χ2n) is 10.4. The predicted octanol–water partition coefficient (Wildman–Crippen LogP) is 6.46.